The molecule has 0 spiro atoms. The first kappa shape index (κ1) is 9.52. The maximum atomic E-state index is 4.32. The predicted octanol–water partition coefficient (Wildman–Crippen LogP) is 2.34. The van der Waals surface area contributed by atoms with Crippen molar-refractivity contribution in [1.82, 2.24) is 5.32 Å². The Morgan fingerprint density at radius 1 is 1.46 bits per heavy atom. The van der Waals surface area contributed by atoms with E-state index in [1.807, 2.05) is 25.1 Å². The summed E-state index contributed by atoms with van der Waals surface area (Å²) < 4.78 is 0. The van der Waals surface area contributed by atoms with E-state index in [9.17, 15) is 0 Å². The van der Waals surface area contributed by atoms with Gasteiger partial charge < -0.3 is 5.32 Å². The van der Waals surface area contributed by atoms with Gasteiger partial charge in [-0.15, -0.1) is 0 Å². The number of amidine groups is 1. The zero-order chi connectivity index (χ0) is 9.52. The molecular weight excluding hydrogens is 160 g/mol. The number of hydrogen-bond acceptors (Lipinski definition) is 1. The van der Waals surface area contributed by atoms with E-state index in [4.69, 9.17) is 0 Å². The van der Waals surface area contributed by atoms with Crippen LogP contribution in [0.1, 0.15) is 12.5 Å². The molecule has 0 aliphatic heterocycles. The molecule has 0 aromatic heterocycles. The maximum Gasteiger partial charge on any atom is 0.0974 e. The van der Waals surface area contributed by atoms with Crippen molar-refractivity contribution < 1.29 is 0 Å². The molecule has 1 aromatic rings. The molecular formula is C11H14N2. The summed E-state index contributed by atoms with van der Waals surface area (Å²) in [4.78, 5) is 4.32. The van der Waals surface area contributed by atoms with Gasteiger partial charge in [0.05, 0.1) is 12.4 Å². The highest BCUT2D eigenvalue weighted by Gasteiger charge is 1.88. The molecule has 0 saturated heterocycles. The largest absolute Gasteiger partial charge is 0.351 e. The molecule has 1 N–H and O–H groups in total. The molecule has 1 aromatic carbocycles. The fraction of sp³-hybridized carbons (Fsp3) is 0.182. The summed E-state index contributed by atoms with van der Waals surface area (Å²) >= 11 is 0. The molecule has 0 atom stereocenters. The Morgan fingerprint density at radius 2 is 2.15 bits per heavy atom. The molecule has 0 amide bonds. The summed E-state index contributed by atoms with van der Waals surface area (Å²) in [5.74, 6) is 0.888. The molecule has 13 heavy (non-hydrogen) atoms. The second kappa shape index (κ2) is 5.14. The summed E-state index contributed by atoms with van der Waals surface area (Å²) in [5, 5.41) is 2.93. The summed E-state index contributed by atoms with van der Waals surface area (Å²) in [6.07, 6.45) is 1.63. The van der Waals surface area contributed by atoms with Gasteiger partial charge in [0.1, 0.15) is 0 Å². The minimum absolute atomic E-state index is 0.716. The lowest BCUT2D eigenvalue weighted by Crippen LogP contribution is -2.12. The van der Waals surface area contributed by atoms with Crippen LogP contribution in [0.15, 0.2) is 48.1 Å². The average molecular weight is 174 g/mol. The Hall–Kier alpha value is -1.57. The Labute approximate surface area is 79.0 Å². The molecule has 2 nitrogen and oxygen atoms in total. The Bertz CT molecular complexity index is 288. The zero-order valence-electron chi connectivity index (χ0n) is 7.83. The number of nitrogens with one attached hydrogen (secondary N) is 1. The van der Waals surface area contributed by atoms with Crippen molar-refractivity contribution in [2.45, 2.75) is 13.5 Å². The van der Waals surface area contributed by atoms with E-state index >= 15 is 0 Å². The fourth-order valence-electron chi connectivity index (χ4n) is 0.987. The summed E-state index contributed by atoms with van der Waals surface area (Å²) in [6, 6.07) is 10.2. The van der Waals surface area contributed by atoms with Crippen LogP contribution in [0.25, 0.3) is 0 Å². The van der Waals surface area contributed by atoms with Crippen molar-refractivity contribution in [3.8, 4) is 0 Å². The van der Waals surface area contributed by atoms with Gasteiger partial charge >= 0.3 is 0 Å². The third-order valence-electron chi connectivity index (χ3n) is 1.65. The van der Waals surface area contributed by atoms with Gasteiger partial charge in [0, 0.05) is 0 Å². The smallest absolute Gasteiger partial charge is 0.0974 e. The number of benzene rings is 1. The maximum absolute atomic E-state index is 4.32. The predicted molar refractivity (Wildman–Crippen MR) is 56.6 cm³/mol. The second-order valence-electron chi connectivity index (χ2n) is 2.74. The molecule has 68 valence electrons. The minimum atomic E-state index is 0.716. The van der Waals surface area contributed by atoms with E-state index in [1.165, 1.54) is 5.56 Å². The van der Waals surface area contributed by atoms with E-state index in [2.05, 4.69) is 29.0 Å². The lowest BCUT2D eigenvalue weighted by molar-refractivity contribution is 1.04. The van der Waals surface area contributed by atoms with Crippen molar-refractivity contribution in [3.05, 3.63) is 48.7 Å². The SMILES string of the molecule is C=CNC(C)=NCc1ccccc1. The van der Waals surface area contributed by atoms with Crippen LogP contribution in [0.3, 0.4) is 0 Å². The van der Waals surface area contributed by atoms with Crippen molar-refractivity contribution in [2.75, 3.05) is 0 Å². The van der Waals surface area contributed by atoms with Crippen molar-refractivity contribution in [1.29, 1.82) is 0 Å². The van der Waals surface area contributed by atoms with Crippen LogP contribution >= 0.6 is 0 Å². The summed E-state index contributed by atoms with van der Waals surface area (Å²) in [7, 11) is 0. The molecule has 0 unspecified atom stereocenters. The van der Waals surface area contributed by atoms with Gasteiger partial charge in [-0.25, -0.2) is 0 Å². The van der Waals surface area contributed by atoms with Crippen LogP contribution in [0.2, 0.25) is 0 Å². The lowest BCUT2D eigenvalue weighted by Gasteiger charge is -1.99. The van der Waals surface area contributed by atoms with Gasteiger partial charge in [0.15, 0.2) is 0 Å². The fourth-order valence-corrected chi connectivity index (χ4v) is 0.987. The molecule has 2 heteroatoms. The summed E-state index contributed by atoms with van der Waals surface area (Å²) in [5.41, 5.74) is 1.22. The molecule has 0 saturated carbocycles. The van der Waals surface area contributed by atoms with Crippen LogP contribution in [0, 0.1) is 0 Å². The average Bonchev–Trinajstić information content (AvgIpc) is 2.17. The topological polar surface area (TPSA) is 24.4 Å². The van der Waals surface area contributed by atoms with E-state index in [1.54, 1.807) is 6.20 Å². The number of rotatable bonds is 3. The van der Waals surface area contributed by atoms with E-state index in [-0.39, 0.29) is 0 Å². The van der Waals surface area contributed by atoms with Crippen LogP contribution in [-0.2, 0) is 6.54 Å². The number of aliphatic imine (C=N–C) groups is 1. The van der Waals surface area contributed by atoms with Crippen molar-refractivity contribution in [3.63, 3.8) is 0 Å². The summed E-state index contributed by atoms with van der Waals surface area (Å²) in [6.45, 7) is 6.20. The van der Waals surface area contributed by atoms with Crippen LogP contribution in [0.4, 0.5) is 0 Å². The van der Waals surface area contributed by atoms with Gasteiger partial charge in [0.25, 0.3) is 0 Å². The van der Waals surface area contributed by atoms with Gasteiger partial charge in [-0.2, -0.15) is 0 Å². The molecule has 0 fully saturated rings. The normalized spacial score (nSPS) is 11.0. The highest BCUT2D eigenvalue weighted by molar-refractivity contribution is 5.80. The Balaban J connectivity index is 2.51. The minimum Gasteiger partial charge on any atom is -0.351 e. The molecule has 0 bridgehead atoms. The van der Waals surface area contributed by atoms with E-state index in [0.717, 1.165) is 5.84 Å². The van der Waals surface area contributed by atoms with E-state index in [0.29, 0.717) is 6.54 Å². The Kier molecular flexibility index (Phi) is 3.76. The molecule has 0 aliphatic rings. The monoisotopic (exact) mass is 174 g/mol. The van der Waals surface area contributed by atoms with E-state index < -0.39 is 0 Å². The molecule has 1 rings (SSSR count). The van der Waals surface area contributed by atoms with Crippen molar-refractivity contribution in [2.24, 2.45) is 4.99 Å². The lowest BCUT2D eigenvalue weighted by atomic mass is 10.2. The first-order chi connectivity index (χ1) is 6.33. The molecule has 0 heterocycles. The van der Waals surface area contributed by atoms with Gasteiger partial charge in [-0.3, -0.25) is 4.99 Å². The zero-order valence-corrected chi connectivity index (χ0v) is 7.83. The highest BCUT2D eigenvalue weighted by atomic mass is 15.0. The third kappa shape index (κ3) is 3.56. The Morgan fingerprint density at radius 3 is 2.77 bits per heavy atom. The van der Waals surface area contributed by atoms with Crippen LogP contribution in [-0.4, -0.2) is 5.84 Å². The first-order valence-electron chi connectivity index (χ1n) is 4.25. The molecule has 0 aliphatic carbocycles. The van der Waals surface area contributed by atoms with Gasteiger partial charge in [0.2, 0.25) is 0 Å². The van der Waals surface area contributed by atoms with Crippen LogP contribution in [0.5, 0.6) is 0 Å². The number of nitrogens with zero attached hydrogens (tertiary/aromatic N) is 1. The second-order valence-corrected chi connectivity index (χ2v) is 2.74. The first-order valence-corrected chi connectivity index (χ1v) is 4.25. The quantitative estimate of drug-likeness (QED) is 0.552. The number of hydrogen-bond donors (Lipinski definition) is 1. The van der Waals surface area contributed by atoms with Crippen LogP contribution < -0.4 is 5.32 Å². The molecule has 0 radical (unpaired) electrons. The standard InChI is InChI=1S/C11H14N2/c1-3-12-10(2)13-9-11-7-5-4-6-8-11/h3-8H,1,9H2,2H3,(H,12,13). The van der Waals surface area contributed by atoms with Gasteiger partial charge in [-0.1, -0.05) is 36.9 Å². The van der Waals surface area contributed by atoms with Gasteiger partial charge in [-0.05, 0) is 18.7 Å². The van der Waals surface area contributed by atoms with Crippen molar-refractivity contribution >= 4 is 5.84 Å². The highest BCUT2D eigenvalue weighted by Crippen LogP contribution is 1.99. The third-order valence-corrected chi connectivity index (χ3v) is 1.65.